The number of hydrogen-bond donors (Lipinski definition) is 6. The summed E-state index contributed by atoms with van der Waals surface area (Å²) in [5.74, 6) is -1.39. The number of hydrogen-bond acceptors (Lipinski definition) is 16. The van der Waals surface area contributed by atoms with Crippen molar-refractivity contribution in [2.24, 2.45) is 0 Å². The molecule has 404 valence electrons. The number of aliphatic hydroxyl groups is 3. The number of phosphoric acid groups is 2. The number of rotatable bonds is 41. The zero-order valence-electron chi connectivity index (χ0n) is 41.9. The number of carbonyl (C=O) groups excluding carboxylic acids is 2. The quantitative estimate of drug-likeness (QED) is 0.0117. The van der Waals surface area contributed by atoms with E-state index in [1.54, 1.807) is 6.08 Å². The fourth-order valence-electron chi connectivity index (χ4n) is 7.25. The highest BCUT2D eigenvalue weighted by Crippen LogP contribution is 2.60. The molecule has 8 atom stereocenters. The molecule has 19 nitrogen and oxygen atoms in total. The standard InChI is InChI=1S/C50H83N3O16P2/c1-3-5-7-8-9-10-11-12-13-14-19-22-25-28-31-35-46(56)67-42(38-64-45(55)34-30-27-24-21-18-16-15-17-20-23-26-29-33-41(54)32-6-4-2)39-65-70(60,61)69-71(62,63)66-40-43-47(57)48(58)49(68-43)53-37-36-44(51)52-50(53)59/h6,15-16,20-21,23-24,26,29,32,36-37,41-43,47-49,54,57-58H,3-5,7-14,17-19,22,25,27-28,30-31,33-35,38-40H2,1-2H3,(H,60,61)(H,62,63)(H2,51,52,59)/b16-15-,23-20-,24-21-,29-26+,32-6-/t41?,42-,43-,47-,48-,49-/m1/s1. The molecular weight excluding hydrogens is 961 g/mol. The van der Waals surface area contributed by atoms with E-state index in [-0.39, 0.29) is 18.7 Å². The average Bonchev–Trinajstić information content (AvgIpc) is 3.60. The lowest BCUT2D eigenvalue weighted by molar-refractivity contribution is -0.161. The van der Waals surface area contributed by atoms with Crippen LogP contribution in [0.25, 0.3) is 0 Å². The Morgan fingerprint density at radius 2 is 1.34 bits per heavy atom. The second kappa shape index (κ2) is 38.1. The smallest absolute Gasteiger partial charge is 0.462 e. The minimum Gasteiger partial charge on any atom is -0.462 e. The van der Waals surface area contributed by atoms with Gasteiger partial charge >= 0.3 is 33.3 Å². The van der Waals surface area contributed by atoms with E-state index in [4.69, 9.17) is 29.0 Å². The van der Waals surface area contributed by atoms with Crippen molar-refractivity contribution in [1.29, 1.82) is 0 Å². The fourth-order valence-corrected chi connectivity index (χ4v) is 9.36. The molecule has 0 spiro atoms. The average molecular weight is 1040 g/mol. The van der Waals surface area contributed by atoms with Crippen molar-refractivity contribution in [2.75, 3.05) is 25.6 Å². The molecule has 0 bridgehead atoms. The normalized spacial score (nSPS) is 20.1. The first-order valence-corrected chi connectivity index (χ1v) is 28.4. The summed E-state index contributed by atoms with van der Waals surface area (Å²) in [5, 5.41) is 30.7. The Hall–Kier alpha value is -3.58. The van der Waals surface area contributed by atoms with Gasteiger partial charge in [0.05, 0.1) is 19.3 Å². The van der Waals surface area contributed by atoms with Gasteiger partial charge in [-0.25, -0.2) is 13.9 Å². The van der Waals surface area contributed by atoms with Gasteiger partial charge in [-0.2, -0.15) is 9.29 Å². The summed E-state index contributed by atoms with van der Waals surface area (Å²) < 4.78 is 56.7. The molecule has 1 aliphatic heterocycles. The van der Waals surface area contributed by atoms with Crippen LogP contribution >= 0.6 is 15.6 Å². The van der Waals surface area contributed by atoms with Crippen LogP contribution < -0.4 is 11.4 Å². The molecule has 0 aromatic carbocycles. The third kappa shape index (κ3) is 30.9. The van der Waals surface area contributed by atoms with E-state index in [1.807, 2.05) is 61.6 Å². The van der Waals surface area contributed by atoms with Gasteiger partial charge in [-0.1, -0.05) is 164 Å². The number of nitrogen functional groups attached to an aromatic ring is 1. The molecule has 1 fully saturated rings. The van der Waals surface area contributed by atoms with Crippen LogP contribution in [0.4, 0.5) is 5.82 Å². The van der Waals surface area contributed by atoms with Gasteiger partial charge in [-0.05, 0) is 51.0 Å². The number of anilines is 1. The molecule has 3 unspecified atom stereocenters. The monoisotopic (exact) mass is 1040 g/mol. The van der Waals surface area contributed by atoms with E-state index in [9.17, 15) is 48.6 Å². The first kappa shape index (κ1) is 63.5. The predicted octanol–water partition coefficient (Wildman–Crippen LogP) is 9.30. The van der Waals surface area contributed by atoms with Crippen LogP contribution in [0.3, 0.4) is 0 Å². The third-order valence-corrected chi connectivity index (χ3v) is 13.8. The Labute approximate surface area is 420 Å². The van der Waals surface area contributed by atoms with Crippen LogP contribution in [0.1, 0.15) is 168 Å². The maximum atomic E-state index is 12.9. The van der Waals surface area contributed by atoms with Crippen LogP contribution in [-0.2, 0) is 46.3 Å². The fraction of sp³-hybridized carbons (Fsp3) is 0.680. The minimum absolute atomic E-state index is 0.0302. The summed E-state index contributed by atoms with van der Waals surface area (Å²) in [4.78, 5) is 61.9. The lowest BCUT2D eigenvalue weighted by Gasteiger charge is -2.21. The molecule has 7 N–H and O–H groups in total. The summed E-state index contributed by atoms with van der Waals surface area (Å²) in [7, 11) is -10.9. The zero-order valence-corrected chi connectivity index (χ0v) is 43.7. The van der Waals surface area contributed by atoms with Crippen LogP contribution in [0.2, 0.25) is 0 Å². The maximum Gasteiger partial charge on any atom is 0.481 e. The first-order chi connectivity index (χ1) is 34.1. The molecule has 0 saturated carbocycles. The topological polar surface area (TPSA) is 286 Å². The predicted molar refractivity (Wildman–Crippen MR) is 272 cm³/mol. The van der Waals surface area contributed by atoms with Crippen molar-refractivity contribution in [1.82, 2.24) is 9.55 Å². The number of esters is 2. The van der Waals surface area contributed by atoms with Crippen LogP contribution in [0.5, 0.6) is 0 Å². The maximum absolute atomic E-state index is 12.9. The molecular formula is C50H83N3O16P2. The first-order valence-electron chi connectivity index (χ1n) is 25.4. The number of phosphoric ester groups is 2. The number of carbonyl (C=O) groups is 2. The second-order valence-corrected chi connectivity index (χ2v) is 20.5. The third-order valence-electron chi connectivity index (χ3n) is 11.2. The Bertz CT molecular complexity index is 1940. The summed E-state index contributed by atoms with van der Waals surface area (Å²) in [5.41, 5.74) is 4.58. The zero-order chi connectivity index (χ0) is 52.2. The van der Waals surface area contributed by atoms with Crippen LogP contribution in [0.15, 0.2) is 77.8 Å². The van der Waals surface area contributed by atoms with Crippen molar-refractivity contribution in [3.63, 3.8) is 0 Å². The Balaban J connectivity index is 1.83. The van der Waals surface area contributed by atoms with Gasteiger partial charge in [0.2, 0.25) is 0 Å². The number of aliphatic hydroxyl groups excluding tert-OH is 3. The van der Waals surface area contributed by atoms with Crippen molar-refractivity contribution in [3.05, 3.63) is 83.5 Å². The Kier molecular flexibility index (Phi) is 34.1. The van der Waals surface area contributed by atoms with Crippen molar-refractivity contribution >= 4 is 33.4 Å². The van der Waals surface area contributed by atoms with Crippen molar-refractivity contribution < 1.29 is 71.4 Å². The van der Waals surface area contributed by atoms with Gasteiger partial charge < -0.3 is 45.1 Å². The minimum atomic E-state index is -5.44. The molecule has 1 aromatic rings. The number of allylic oxidation sites excluding steroid dienone is 8. The van der Waals surface area contributed by atoms with Crippen LogP contribution in [-0.4, -0.2) is 96.9 Å². The van der Waals surface area contributed by atoms with E-state index < -0.39 is 89.8 Å². The second-order valence-electron chi connectivity index (χ2n) is 17.5. The van der Waals surface area contributed by atoms with E-state index in [1.165, 1.54) is 70.3 Å². The van der Waals surface area contributed by atoms with E-state index in [0.717, 1.165) is 49.3 Å². The highest BCUT2D eigenvalue weighted by Gasteiger charge is 2.46. The molecule has 1 aliphatic rings. The number of unbranched alkanes of at least 4 members (excludes halogenated alkanes) is 15. The lowest BCUT2D eigenvalue weighted by atomic mass is 10.0. The van der Waals surface area contributed by atoms with Gasteiger partial charge in [0.1, 0.15) is 30.7 Å². The number of nitrogens with zero attached hydrogens (tertiary/aromatic N) is 2. The number of nitrogens with two attached hydrogens (primary N) is 1. The van der Waals surface area contributed by atoms with E-state index >= 15 is 0 Å². The number of aromatic nitrogens is 2. The molecule has 0 aliphatic carbocycles. The highest BCUT2D eigenvalue weighted by atomic mass is 31.3. The van der Waals surface area contributed by atoms with Crippen molar-refractivity contribution in [2.45, 2.75) is 198 Å². The molecule has 1 aromatic heterocycles. The molecule has 21 heteroatoms. The van der Waals surface area contributed by atoms with Gasteiger partial charge in [0.25, 0.3) is 0 Å². The molecule has 1 saturated heterocycles. The summed E-state index contributed by atoms with van der Waals surface area (Å²) >= 11 is 0. The summed E-state index contributed by atoms with van der Waals surface area (Å²) in [6, 6.07) is 1.24. The number of ether oxygens (including phenoxy) is 3. The molecule has 2 rings (SSSR count). The van der Waals surface area contributed by atoms with Gasteiger partial charge in [-0.3, -0.25) is 23.2 Å². The highest BCUT2D eigenvalue weighted by molar-refractivity contribution is 7.61. The van der Waals surface area contributed by atoms with Crippen molar-refractivity contribution in [3.8, 4) is 0 Å². The molecule has 2 heterocycles. The van der Waals surface area contributed by atoms with Gasteiger partial charge in [0.15, 0.2) is 12.3 Å². The van der Waals surface area contributed by atoms with Gasteiger partial charge in [-0.15, -0.1) is 0 Å². The lowest BCUT2D eigenvalue weighted by Crippen LogP contribution is -2.36. The molecule has 71 heavy (non-hydrogen) atoms. The molecule has 0 amide bonds. The summed E-state index contributed by atoms with van der Waals surface area (Å²) in [6.07, 6.45) is 33.6. The Morgan fingerprint density at radius 3 is 1.97 bits per heavy atom. The van der Waals surface area contributed by atoms with Gasteiger partial charge in [0, 0.05) is 19.0 Å². The van der Waals surface area contributed by atoms with E-state index in [2.05, 4.69) is 16.2 Å². The molecule has 0 radical (unpaired) electrons. The van der Waals surface area contributed by atoms with Crippen LogP contribution in [0, 0.1) is 0 Å². The van der Waals surface area contributed by atoms with E-state index in [0.29, 0.717) is 32.1 Å². The SMILES string of the molecule is CC/C=C\C(O)C/C=C/C=C\C/C=C\C/C=C\CCCC(=O)OC[C@H](COP(=O)(O)OP(=O)(O)OC[C@H]1O[C@@H](n2ccc(N)nc2=O)[C@H](O)[C@@H]1O)OC(=O)CCCCCCCCCCCCCCCCC. The summed E-state index contributed by atoms with van der Waals surface area (Å²) in [6.45, 7) is 1.86. The largest absolute Gasteiger partial charge is 0.481 e. The Morgan fingerprint density at radius 1 is 0.761 bits per heavy atom.